The van der Waals surface area contributed by atoms with Crippen molar-refractivity contribution in [2.45, 2.75) is 19.0 Å². The lowest BCUT2D eigenvalue weighted by Crippen LogP contribution is -2.60. The molecule has 3 heterocycles. The van der Waals surface area contributed by atoms with Crippen molar-refractivity contribution >= 4 is 21.5 Å². The number of rotatable bonds is 4. The first-order valence-electron chi connectivity index (χ1n) is 7.52. The Hall–Kier alpha value is -1.59. The predicted molar refractivity (Wildman–Crippen MR) is 87.3 cm³/mol. The Morgan fingerprint density at radius 3 is 2.67 bits per heavy atom. The van der Waals surface area contributed by atoms with Crippen LogP contribution < -0.4 is 11.1 Å². The number of nitrogens with two attached hydrogens (primary N) is 1. The van der Waals surface area contributed by atoms with E-state index in [2.05, 4.69) is 45.5 Å². The number of nitrogen functional groups attached to an aromatic ring is 1. The maximum absolute atomic E-state index is 5.75. The molecule has 0 amide bonds. The van der Waals surface area contributed by atoms with Crippen molar-refractivity contribution in [2.75, 3.05) is 24.1 Å². The number of hydrogen-bond donors (Lipinski definition) is 2. The molecule has 3 N–H and O–H groups in total. The highest BCUT2D eigenvalue weighted by molar-refractivity contribution is 7.19. The lowest BCUT2D eigenvalue weighted by Gasteiger charge is -2.53. The first-order valence-corrected chi connectivity index (χ1v) is 8.34. The van der Waals surface area contributed by atoms with Gasteiger partial charge < -0.3 is 11.1 Å². The first-order chi connectivity index (χ1) is 10.3. The predicted octanol–water partition coefficient (Wildman–Crippen LogP) is 2.66. The Labute approximate surface area is 129 Å². The van der Waals surface area contributed by atoms with E-state index in [0.29, 0.717) is 6.04 Å². The highest BCUT2D eigenvalue weighted by Gasteiger charge is 2.46. The number of thiazole rings is 1. The van der Waals surface area contributed by atoms with Crippen molar-refractivity contribution in [3.05, 3.63) is 42.1 Å². The summed E-state index contributed by atoms with van der Waals surface area (Å²) in [6.45, 7) is 3.44. The van der Waals surface area contributed by atoms with Crippen molar-refractivity contribution in [2.24, 2.45) is 11.8 Å². The molecule has 1 aromatic heterocycles. The molecule has 3 aliphatic rings. The number of aromatic nitrogens is 1. The highest BCUT2D eigenvalue weighted by atomic mass is 32.1. The van der Waals surface area contributed by atoms with Crippen LogP contribution in [0.3, 0.4) is 0 Å². The summed E-state index contributed by atoms with van der Waals surface area (Å²) in [7, 11) is 0. The fourth-order valence-electron chi connectivity index (χ4n) is 3.69. The molecule has 5 heteroatoms. The van der Waals surface area contributed by atoms with Gasteiger partial charge in [-0.15, -0.1) is 0 Å². The second-order valence-corrected chi connectivity index (χ2v) is 7.24. The van der Waals surface area contributed by atoms with Crippen LogP contribution in [0.15, 0.2) is 36.5 Å². The zero-order chi connectivity index (χ0) is 14.2. The number of fused-ring (bicyclic) bond motifs is 2. The minimum Gasteiger partial charge on any atom is -0.389 e. The normalized spacial score (nSPS) is 28.1. The second kappa shape index (κ2) is 5.31. The molecule has 1 aromatic carbocycles. The van der Waals surface area contributed by atoms with E-state index in [1.54, 1.807) is 17.5 Å². The Balaban J connectivity index is 1.35. The molecule has 1 aliphatic carbocycles. The standard InChI is InChI=1S/C16H20N4S/c17-14-7-18-16(21-14)19-15-12-6-13(15)10-20(9-12)8-11-4-2-1-3-5-11/h1-5,7,12-13,15H,6,8-10,17H2,(H,18,19). The van der Waals surface area contributed by atoms with Gasteiger partial charge in [0.2, 0.25) is 0 Å². The molecule has 3 fully saturated rings. The monoisotopic (exact) mass is 300 g/mol. The van der Waals surface area contributed by atoms with Gasteiger partial charge in [0.25, 0.3) is 0 Å². The van der Waals surface area contributed by atoms with Gasteiger partial charge in [0.05, 0.1) is 6.20 Å². The summed E-state index contributed by atoms with van der Waals surface area (Å²) in [6.07, 6.45) is 3.09. The van der Waals surface area contributed by atoms with Crippen molar-refractivity contribution in [1.29, 1.82) is 0 Å². The third-order valence-corrected chi connectivity index (χ3v) is 5.43. The van der Waals surface area contributed by atoms with Gasteiger partial charge >= 0.3 is 0 Å². The van der Waals surface area contributed by atoms with Gasteiger partial charge in [-0.3, -0.25) is 4.90 Å². The Bertz CT molecular complexity index is 600. The van der Waals surface area contributed by atoms with Gasteiger partial charge in [0.15, 0.2) is 5.13 Å². The molecule has 21 heavy (non-hydrogen) atoms. The highest BCUT2D eigenvalue weighted by Crippen LogP contribution is 2.42. The minimum atomic E-state index is 0.586. The molecule has 5 rings (SSSR count). The van der Waals surface area contributed by atoms with E-state index >= 15 is 0 Å². The quantitative estimate of drug-likeness (QED) is 0.911. The number of benzene rings is 1. The molecule has 0 radical (unpaired) electrons. The van der Waals surface area contributed by atoms with Crippen molar-refractivity contribution < 1.29 is 0 Å². The van der Waals surface area contributed by atoms with Crippen LogP contribution in [0.4, 0.5) is 10.1 Å². The second-order valence-electron chi connectivity index (χ2n) is 6.17. The number of anilines is 2. The maximum Gasteiger partial charge on any atom is 0.184 e. The molecular formula is C16H20N4S. The molecule has 4 nitrogen and oxygen atoms in total. The van der Waals surface area contributed by atoms with Gasteiger partial charge in [-0.2, -0.15) is 0 Å². The third kappa shape index (κ3) is 2.63. The Morgan fingerprint density at radius 1 is 1.24 bits per heavy atom. The molecule has 2 unspecified atom stereocenters. The van der Waals surface area contributed by atoms with Crippen LogP contribution >= 0.6 is 11.3 Å². The van der Waals surface area contributed by atoms with Crippen LogP contribution in [0.1, 0.15) is 12.0 Å². The van der Waals surface area contributed by atoms with E-state index in [4.69, 9.17) is 5.73 Å². The third-order valence-electron chi connectivity index (χ3n) is 4.67. The summed E-state index contributed by atoms with van der Waals surface area (Å²) in [5.41, 5.74) is 7.16. The van der Waals surface area contributed by atoms with Crippen molar-refractivity contribution in [3.63, 3.8) is 0 Å². The fraction of sp³-hybridized carbons (Fsp3) is 0.438. The van der Waals surface area contributed by atoms with Crippen LogP contribution in [0.2, 0.25) is 0 Å². The van der Waals surface area contributed by atoms with Gasteiger partial charge in [0.1, 0.15) is 5.00 Å². The van der Waals surface area contributed by atoms with Crippen molar-refractivity contribution in [1.82, 2.24) is 9.88 Å². The molecule has 1 saturated carbocycles. The average Bonchev–Trinajstić information content (AvgIpc) is 2.91. The van der Waals surface area contributed by atoms with Gasteiger partial charge in [0, 0.05) is 25.7 Å². The Kier molecular flexibility index (Phi) is 3.31. The SMILES string of the molecule is Nc1cnc(NC2C3CC2CN(Cc2ccccc2)C3)s1. The van der Waals surface area contributed by atoms with Crippen LogP contribution in [-0.4, -0.2) is 29.0 Å². The maximum atomic E-state index is 5.75. The summed E-state index contributed by atoms with van der Waals surface area (Å²) in [4.78, 5) is 6.91. The van der Waals surface area contributed by atoms with E-state index in [0.717, 1.165) is 28.5 Å². The lowest BCUT2D eigenvalue weighted by atomic mass is 9.66. The number of hydrogen-bond acceptors (Lipinski definition) is 5. The van der Waals surface area contributed by atoms with Crippen LogP contribution in [0.25, 0.3) is 0 Å². The summed E-state index contributed by atoms with van der Waals surface area (Å²) in [6, 6.07) is 11.3. The minimum absolute atomic E-state index is 0.586. The summed E-state index contributed by atoms with van der Waals surface area (Å²) in [5, 5.41) is 5.35. The topological polar surface area (TPSA) is 54.2 Å². The molecular weight excluding hydrogens is 280 g/mol. The number of nitrogens with zero attached hydrogens (tertiary/aromatic N) is 2. The molecule has 0 spiro atoms. The van der Waals surface area contributed by atoms with Gasteiger partial charge in [-0.05, 0) is 23.8 Å². The van der Waals surface area contributed by atoms with Gasteiger partial charge in [-0.25, -0.2) is 4.98 Å². The fourth-order valence-corrected chi connectivity index (χ4v) is 4.32. The largest absolute Gasteiger partial charge is 0.389 e. The zero-order valence-corrected chi connectivity index (χ0v) is 12.7. The van der Waals surface area contributed by atoms with E-state index < -0.39 is 0 Å². The number of nitrogens with one attached hydrogen (secondary N) is 1. The average molecular weight is 300 g/mol. The summed E-state index contributed by atoms with van der Waals surface area (Å²) >= 11 is 1.55. The summed E-state index contributed by atoms with van der Waals surface area (Å²) < 4.78 is 0. The zero-order valence-electron chi connectivity index (χ0n) is 11.9. The van der Waals surface area contributed by atoms with Crippen LogP contribution in [0, 0.1) is 11.8 Å². The van der Waals surface area contributed by atoms with Crippen molar-refractivity contribution in [3.8, 4) is 0 Å². The molecule has 2 saturated heterocycles. The number of piperidine rings is 2. The molecule has 2 atom stereocenters. The van der Waals surface area contributed by atoms with Gasteiger partial charge in [-0.1, -0.05) is 41.7 Å². The molecule has 2 aromatic rings. The first kappa shape index (κ1) is 13.1. The smallest absolute Gasteiger partial charge is 0.184 e. The van der Waals surface area contributed by atoms with E-state index in [-0.39, 0.29) is 0 Å². The van der Waals surface area contributed by atoms with E-state index in [9.17, 15) is 0 Å². The van der Waals surface area contributed by atoms with Crippen LogP contribution in [0.5, 0.6) is 0 Å². The molecule has 2 aliphatic heterocycles. The van der Waals surface area contributed by atoms with E-state index in [1.807, 2.05) is 0 Å². The lowest BCUT2D eigenvalue weighted by molar-refractivity contribution is 0.00751. The molecule has 110 valence electrons. The molecule has 2 bridgehead atoms. The Morgan fingerprint density at radius 2 is 2.00 bits per heavy atom. The van der Waals surface area contributed by atoms with E-state index in [1.165, 1.54) is 25.1 Å². The van der Waals surface area contributed by atoms with Crippen LogP contribution in [-0.2, 0) is 6.54 Å². The summed E-state index contributed by atoms with van der Waals surface area (Å²) in [5.74, 6) is 1.50.